The molecule has 2 aromatic rings. The van der Waals surface area contributed by atoms with Gasteiger partial charge >= 0.3 is 0 Å². The van der Waals surface area contributed by atoms with E-state index in [4.69, 9.17) is 4.74 Å². The number of rotatable bonds is 6. The van der Waals surface area contributed by atoms with Gasteiger partial charge in [0.1, 0.15) is 0 Å². The predicted molar refractivity (Wildman–Crippen MR) is 111 cm³/mol. The minimum absolute atomic E-state index is 0.0301. The third kappa shape index (κ3) is 3.27. The van der Waals surface area contributed by atoms with Crippen molar-refractivity contribution in [1.29, 1.82) is 0 Å². The Hall–Kier alpha value is -1.43. The smallest absolute Gasteiger partial charge is 0.242 e. The van der Waals surface area contributed by atoms with Gasteiger partial charge in [0.25, 0.3) is 0 Å². The molecule has 4 fully saturated rings. The van der Waals surface area contributed by atoms with Crippen LogP contribution in [0.1, 0.15) is 38.5 Å². The van der Waals surface area contributed by atoms with E-state index in [0.717, 1.165) is 28.5 Å². The van der Waals surface area contributed by atoms with E-state index in [9.17, 15) is 8.42 Å². The molecule has 0 aliphatic heterocycles. The maximum absolute atomic E-state index is 13.0. The lowest BCUT2D eigenvalue weighted by Crippen LogP contribution is -2.52. The van der Waals surface area contributed by atoms with Gasteiger partial charge in [-0.1, -0.05) is 30.3 Å². The summed E-state index contributed by atoms with van der Waals surface area (Å²) in [6, 6.07) is 13.2. The van der Waals surface area contributed by atoms with E-state index in [2.05, 4.69) is 0 Å². The fraction of sp³-hybridized carbons (Fsp3) is 0.565. The number of fused-ring (bicyclic) bond motifs is 1. The zero-order valence-corrected chi connectivity index (χ0v) is 17.3. The van der Waals surface area contributed by atoms with E-state index in [1.807, 2.05) is 30.3 Å². The Morgan fingerprint density at radius 3 is 2.21 bits per heavy atom. The fourth-order valence-electron chi connectivity index (χ4n) is 6.23. The highest BCUT2D eigenvalue weighted by atomic mass is 32.2. The number of benzene rings is 2. The quantitative estimate of drug-likeness (QED) is 0.721. The molecule has 0 unspecified atom stereocenters. The van der Waals surface area contributed by atoms with Crippen LogP contribution in [0.5, 0.6) is 0 Å². The molecule has 4 aliphatic carbocycles. The highest BCUT2D eigenvalue weighted by Gasteiger charge is 2.51. The number of hydrogen-bond donors (Lipinski definition) is 0. The van der Waals surface area contributed by atoms with Crippen LogP contribution in [0.3, 0.4) is 0 Å². The van der Waals surface area contributed by atoms with Crippen LogP contribution in [-0.4, -0.2) is 38.5 Å². The molecule has 0 N–H and O–H groups in total. The van der Waals surface area contributed by atoms with Crippen molar-refractivity contribution >= 4 is 20.8 Å². The number of hydrogen-bond acceptors (Lipinski definition) is 3. The standard InChI is InChI=1S/C23H29NO3S/c1-24(28(25,26)22-7-6-20-4-2-3-5-21(20)13-22)8-9-27-23-14-17-10-18(15-23)12-19(11-17)16-23/h2-7,13,17-19H,8-12,14-16H2,1H3. The average Bonchev–Trinajstić information content (AvgIpc) is 2.66. The highest BCUT2D eigenvalue weighted by Crippen LogP contribution is 2.57. The number of nitrogens with zero attached hydrogens (tertiary/aromatic N) is 1. The minimum Gasteiger partial charge on any atom is -0.374 e. The van der Waals surface area contributed by atoms with Crippen molar-refractivity contribution in [3.05, 3.63) is 42.5 Å². The summed E-state index contributed by atoms with van der Waals surface area (Å²) in [6.07, 6.45) is 7.71. The second-order valence-electron chi connectivity index (χ2n) is 9.28. The zero-order chi connectivity index (χ0) is 19.4. The van der Waals surface area contributed by atoms with Gasteiger partial charge in [0.15, 0.2) is 0 Å². The lowest BCUT2D eigenvalue weighted by Gasteiger charge is -2.56. The summed E-state index contributed by atoms with van der Waals surface area (Å²) in [4.78, 5) is 0.350. The molecule has 2 aromatic carbocycles. The summed E-state index contributed by atoms with van der Waals surface area (Å²) in [5.41, 5.74) is 0.0301. The van der Waals surface area contributed by atoms with Crippen LogP contribution < -0.4 is 0 Å². The Bertz CT molecular complexity index is 949. The first-order valence-corrected chi connectivity index (χ1v) is 12.0. The molecule has 4 bridgehead atoms. The first-order chi connectivity index (χ1) is 13.4. The van der Waals surface area contributed by atoms with Gasteiger partial charge in [-0.3, -0.25) is 0 Å². The van der Waals surface area contributed by atoms with Crippen LogP contribution in [-0.2, 0) is 14.8 Å². The van der Waals surface area contributed by atoms with Crippen LogP contribution in [0.15, 0.2) is 47.4 Å². The largest absolute Gasteiger partial charge is 0.374 e. The molecule has 28 heavy (non-hydrogen) atoms. The maximum atomic E-state index is 13.0. The summed E-state index contributed by atoms with van der Waals surface area (Å²) in [5.74, 6) is 2.51. The molecule has 0 heterocycles. The second kappa shape index (κ2) is 6.82. The van der Waals surface area contributed by atoms with Gasteiger partial charge in [-0.05, 0) is 79.2 Å². The summed E-state index contributed by atoms with van der Waals surface area (Å²) in [6.45, 7) is 0.881. The van der Waals surface area contributed by atoms with Gasteiger partial charge in [-0.25, -0.2) is 8.42 Å². The Labute approximate surface area is 167 Å². The van der Waals surface area contributed by atoms with Gasteiger partial charge in [0.2, 0.25) is 10.0 Å². The molecule has 4 aliphatic rings. The monoisotopic (exact) mass is 399 g/mol. The highest BCUT2D eigenvalue weighted by molar-refractivity contribution is 7.89. The summed E-state index contributed by atoms with van der Waals surface area (Å²) in [7, 11) is -1.85. The van der Waals surface area contributed by atoms with Crippen LogP contribution in [0.2, 0.25) is 0 Å². The molecule has 0 atom stereocenters. The van der Waals surface area contributed by atoms with Gasteiger partial charge in [0.05, 0.1) is 17.1 Å². The number of ether oxygens (including phenoxy) is 1. The lowest BCUT2D eigenvalue weighted by atomic mass is 9.54. The average molecular weight is 400 g/mol. The Morgan fingerprint density at radius 2 is 1.57 bits per heavy atom. The van der Waals surface area contributed by atoms with Crippen molar-refractivity contribution in [1.82, 2.24) is 4.31 Å². The van der Waals surface area contributed by atoms with E-state index < -0.39 is 10.0 Å². The van der Waals surface area contributed by atoms with Crippen molar-refractivity contribution in [2.45, 2.75) is 49.0 Å². The molecule has 0 spiro atoms. The van der Waals surface area contributed by atoms with Gasteiger partial charge in [-0.15, -0.1) is 0 Å². The first-order valence-electron chi connectivity index (χ1n) is 10.5. The molecule has 4 nitrogen and oxygen atoms in total. The summed E-state index contributed by atoms with van der Waals surface area (Å²) < 4.78 is 33.9. The summed E-state index contributed by atoms with van der Waals surface area (Å²) >= 11 is 0. The number of likely N-dealkylation sites (N-methyl/N-ethyl adjacent to an activating group) is 1. The van der Waals surface area contributed by atoms with Crippen LogP contribution in [0.4, 0.5) is 0 Å². The number of sulfonamides is 1. The topological polar surface area (TPSA) is 46.6 Å². The molecule has 0 radical (unpaired) electrons. The molecule has 5 heteroatoms. The van der Waals surface area contributed by atoms with Gasteiger partial charge in [-0.2, -0.15) is 4.31 Å². The molecular weight excluding hydrogens is 370 g/mol. The molecule has 150 valence electrons. The third-order valence-corrected chi connectivity index (χ3v) is 9.08. The van der Waals surface area contributed by atoms with Crippen molar-refractivity contribution < 1.29 is 13.2 Å². The first kappa shape index (κ1) is 18.6. The minimum atomic E-state index is -3.51. The van der Waals surface area contributed by atoms with Crippen molar-refractivity contribution in [3.63, 3.8) is 0 Å². The van der Waals surface area contributed by atoms with Crippen molar-refractivity contribution in [2.75, 3.05) is 20.2 Å². The van der Waals surface area contributed by atoms with E-state index >= 15 is 0 Å². The van der Waals surface area contributed by atoms with Gasteiger partial charge < -0.3 is 4.74 Å². The van der Waals surface area contributed by atoms with E-state index in [1.54, 1.807) is 19.2 Å². The Morgan fingerprint density at radius 1 is 0.964 bits per heavy atom. The van der Waals surface area contributed by atoms with Gasteiger partial charge in [0, 0.05) is 13.6 Å². The van der Waals surface area contributed by atoms with Crippen LogP contribution >= 0.6 is 0 Å². The third-order valence-electron chi connectivity index (χ3n) is 7.23. The fourth-order valence-corrected chi connectivity index (χ4v) is 7.42. The zero-order valence-electron chi connectivity index (χ0n) is 16.5. The summed E-state index contributed by atoms with van der Waals surface area (Å²) in [5, 5.41) is 2.00. The molecule has 6 rings (SSSR count). The predicted octanol–water partition coefficient (Wildman–Crippen LogP) is 4.45. The van der Waals surface area contributed by atoms with E-state index in [1.165, 1.54) is 42.8 Å². The molecule has 0 aromatic heterocycles. The van der Waals surface area contributed by atoms with Crippen molar-refractivity contribution in [3.8, 4) is 0 Å². The van der Waals surface area contributed by atoms with E-state index in [-0.39, 0.29) is 5.60 Å². The second-order valence-corrected chi connectivity index (χ2v) is 11.3. The van der Waals surface area contributed by atoms with Crippen molar-refractivity contribution in [2.24, 2.45) is 17.8 Å². The SMILES string of the molecule is CN(CCOC12CC3CC(CC(C3)C1)C2)S(=O)(=O)c1ccc2ccccc2c1. The molecule has 0 saturated heterocycles. The lowest BCUT2D eigenvalue weighted by molar-refractivity contribution is -0.162. The van der Waals surface area contributed by atoms with Crippen LogP contribution in [0, 0.1) is 17.8 Å². The molecule has 0 amide bonds. The Kier molecular flexibility index (Phi) is 4.53. The van der Waals surface area contributed by atoms with E-state index in [0.29, 0.717) is 18.0 Å². The normalized spacial score (nSPS) is 31.7. The van der Waals surface area contributed by atoms with Crippen LogP contribution in [0.25, 0.3) is 10.8 Å². The molecule has 4 saturated carbocycles. The molecular formula is C23H29NO3S. The maximum Gasteiger partial charge on any atom is 0.242 e. The Balaban J connectivity index is 1.25.